The number of hydrogen-bond acceptors (Lipinski definition) is 4. The Morgan fingerprint density at radius 3 is 2.81 bits per heavy atom. The molecule has 6 heteroatoms. The molecule has 1 aromatic carbocycles. The summed E-state index contributed by atoms with van der Waals surface area (Å²) < 4.78 is 6.77. The van der Waals surface area contributed by atoms with E-state index in [9.17, 15) is 9.59 Å². The molecule has 1 heterocycles. The maximum Gasteiger partial charge on any atom is 0.261 e. The van der Waals surface area contributed by atoms with Gasteiger partial charge in [-0.15, -0.1) is 0 Å². The minimum Gasteiger partial charge on any atom is -0.383 e. The molecule has 1 aromatic heterocycles. The van der Waals surface area contributed by atoms with Crippen molar-refractivity contribution in [2.45, 2.75) is 58.0 Å². The van der Waals surface area contributed by atoms with Gasteiger partial charge in [-0.05, 0) is 31.4 Å². The lowest BCUT2D eigenvalue weighted by molar-refractivity contribution is -0.122. The van der Waals surface area contributed by atoms with Crippen LogP contribution in [0.15, 0.2) is 29.1 Å². The second-order valence-electron chi connectivity index (χ2n) is 7.42. The summed E-state index contributed by atoms with van der Waals surface area (Å²) in [6.45, 7) is 2.70. The topological polar surface area (TPSA) is 73.2 Å². The summed E-state index contributed by atoms with van der Waals surface area (Å²) in [6, 6.07) is 6.97. The Labute approximate surface area is 159 Å². The molecule has 146 valence electrons. The lowest BCUT2D eigenvalue weighted by atomic mass is 10.0. The van der Waals surface area contributed by atoms with Crippen LogP contribution in [0, 0.1) is 5.92 Å². The van der Waals surface area contributed by atoms with E-state index in [4.69, 9.17) is 4.74 Å². The van der Waals surface area contributed by atoms with Crippen molar-refractivity contribution in [3.8, 4) is 0 Å². The van der Waals surface area contributed by atoms with E-state index in [1.165, 1.54) is 25.7 Å². The molecule has 1 fully saturated rings. The fourth-order valence-corrected chi connectivity index (χ4v) is 3.93. The number of nitrogens with one attached hydrogen (secondary N) is 1. The minimum atomic E-state index is -0.338. The van der Waals surface area contributed by atoms with Gasteiger partial charge in [0.15, 0.2) is 0 Å². The van der Waals surface area contributed by atoms with Crippen molar-refractivity contribution in [1.82, 2.24) is 14.9 Å². The number of fused-ring (bicyclic) bond motifs is 1. The first kappa shape index (κ1) is 19.5. The van der Waals surface area contributed by atoms with Crippen LogP contribution in [0.1, 0.15) is 57.3 Å². The number of rotatable bonds is 8. The number of hydrogen-bond donors (Lipinski definition) is 1. The predicted molar refractivity (Wildman–Crippen MR) is 106 cm³/mol. The Bertz CT molecular complexity index is 840. The third kappa shape index (κ3) is 4.75. The summed E-state index contributed by atoms with van der Waals surface area (Å²) in [5, 5.41) is 3.61. The van der Waals surface area contributed by atoms with E-state index < -0.39 is 0 Å². The van der Waals surface area contributed by atoms with Crippen LogP contribution in [0.5, 0.6) is 0 Å². The maximum absolute atomic E-state index is 12.9. The number of nitrogens with zero attached hydrogens (tertiary/aromatic N) is 2. The molecule has 0 radical (unpaired) electrons. The van der Waals surface area contributed by atoms with E-state index >= 15 is 0 Å². The maximum atomic E-state index is 12.9. The molecule has 1 atom stereocenters. The number of carbonyl (C=O) groups is 1. The molecule has 1 saturated carbocycles. The molecule has 3 rings (SSSR count). The standard InChI is InChI=1S/C21H29N3O3/c1-15(22-19(25)12-11-16-7-3-4-8-16)20-23-18-10-6-5-9-17(18)21(26)24(20)13-14-27-2/h5-6,9-10,15-16H,3-4,7-8,11-14H2,1-2H3,(H,22,25)/t15-/m1/s1. The van der Waals surface area contributed by atoms with Crippen LogP contribution in [0.25, 0.3) is 10.9 Å². The van der Waals surface area contributed by atoms with Crippen LogP contribution >= 0.6 is 0 Å². The first-order valence-corrected chi connectivity index (χ1v) is 9.88. The SMILES string of the molecule is COCCn1c([C@@H](C)NC(=O)CCC2CCCC2)nc2ccccc2c1=O. The molecule has 1 amide bonds. The van der Waals surface area contributed by atoms with Gasteiger partial charge >= 0.3 is 0 Å². The fourth-order valence-electron chi connectivity index (χ4n) is 3.93. The van der Waals surface area contributed by atoms with Gasteiger partial charge in [0.05, 0.1) is 30.1 Å². The van der Waals surface area contributed by atoms with Crippen LogP contribution in [0.2, 0.25) is 0 Å². The van der Waals surface area contributed by atoms with Gasteiger partial charge in [0.2, 0.25) is 5.91 Å². The van der Waals surface area contributed by atoms with Crippen LogP contribution in [0.4, 0.5) is 0 Å². The van der Waals surface area contributed by atoms with Crippen LogP contribution in [0.3, 0.4) is 0 Å². The summed E-state index contributed by atoms with van der Waals surface area (Å²) in [5.74, 6) is 1.28. The Hall–Kier alpha value is -2.21. The smallest absolute Gasteiger partial charge is 0.261 e. The predicted octanol–water partition coefficient (Wildman–Crippen LogP) is 3.19. The van der Waals surface area contributed by atoms with Gasteiger partial charge in [0.25, 0.3) is 5.56 Å². The highest BCUT2D eigenvalue weighted by molar-refractivity contribution is 5.78. The van der Waals surface area contributed by atoms with Gasteiger partial charge in [-0.2, -0.15) is 0 Å². The Morgan fingerprint density at radius 2 is 2.07 bits per heavy atom. The summed E-state index contributed by atoms with van der Waals surface area (Å²) in [6.07, 6.45) is 6.53. The quantitative estimate of drug-likeness (QED) is 0.773. The van der Waals surface area contributed by atoms with Gasteiger partial charge in [0.1, 0.15) is 5.82 Å². The van der Waals surface area contributed by atoms with Crippen LogP contribution in [-0.2, 0) is 16.1 Å². The van der Waals surface area contributed by atoms with Gasteiger partial charge in [0, 0.05) is 13.5 Å². The molecule has 1 N–H and O–H groups in total. The Kier molecular flexibility index (Phi) is 6.61. The molecule has 0 bridgehead atoms. The molecule has 27 heavy (non-hydrogen) atoms. The molecule has 2 aromatic rings. The molecule has 1 aliphatic rings. The zero-order valence-corrected chi connectivity index (χ0v) is 16.2. The van der Waals surface area contributed by atoms with Crippen molar-refractivity contribution in [1.29, 1.82) is 0 Å². The van der Waals surface area contributed by atoms with Crippen molar-refractivity contribution in [2.75, 3.05) is 13.7 Å². The van der Waals surface area contributed by atoms with Crippen LogP contribution < -0.4 is 10.9 Å². The van der Waals surface area contributed by atoms with E-state index in [0.717, 1.165) is 6.42 Å². The second kappa shape index (κ2) is 9.13. The van der Waals surface area contributed by atoms with Crippen LogP contribution in [-0.4, -0.2) is 29.2 Å². The zero-order valence-electron chi connectivity index (χ0n) is 16.2. The van der Waals surface area contributed by atoms with Gasteiger partial charge < -0.3 is 10.1 Å². The number of carbonyl (C=O) groups excluding carboxylic acids is 1. The average molecular weight is 371 g/mol. The summed E-state index contributed by atoms with van der Waals surface area (Å²) in [7, 11) is 1.60. The van der Waals surface area contributed by atoms with E-state index in [1.807, 2.05) is 25.1 Å². The number of amides is 1. The highest BCUT2D eigenvalue weighted by Gasteiger charge is 2.20. The summed E-state index contributed by atoms with van der Waals surface area (Å²) in [5.41, 5.74) is 0.554. The Balaban J connectivity index is 1.78. The van der Waals surface area contributed by atoms with Crippen molar-refractivity contribution >= 4 is 16.8 Å². The number of ether oxygens (including phenoxy) is 1. The van der Waals surface area contributed by atoms with Crippen molar-refractivity contribution in [2.24, 2.45) is 5.92 Å². The van der Waals surface area contributed by atoms with E-state index in [-0.39, 0.29) is 17.5 Å². The largest absolute Gasteiger partial charge is 0.383 e. The third-order valence-corrected chi connectivity index (χ3v) is 5.43. The summed E-state index contributed by atoms with van der Waals surface area (Å²) >= 11 is 0. The third-order valence-electron chi connectivity index (χ3n) is 5.43. The highest BCUT2D eigenvalue weighted by Crippen LogP contribution is 2.28. The average Bonchev–Trinajstić information content (AvgIpc) is 3.19. The molecule has 0 aliphatic heterocycles. The molecular weight excluding hydrogens is 342 g/mol. The lowest BCUT2D eigenvalue weighted by Crippen LogP contribution is -2.34. The first-order chi connectivity index (χ1) is 13.1. The number of benzene rings is 1. The molecule has 1 aliphatic carbocycles. The Morgan fingerprint density at radius 1 is 1.33 bits per heavy atom. The van der Waals surface area contributed by atoms with E-state index in [2.05, 4.69) is 10.3 Å². The van der Waals surface area contributed by atoms with Gasteiger partial charge in [-0.3, -0.25) is 14.2 Å². The monoisotopic (exact) mass is 371 g/mol. The molecule has 6 nitrogen and oxygen atoms in total. The summed E-state index contributed by atoms with van der Waals surface area (Å²) in [4.78, 5) is 30.0. The number of methoxy groups -OCH3 is 1. The second-order valence-corrected chi connectivity index (χ2v) is 7.42. The highest BCUT2D eigenvalue weighted by atomic mass is 16.5. The lowest BCUT2D eigenvalue weighted by Gasteiger charge is -2.20. The van der Waals surface area contributed by atoms with E-state index in [1.54, 1.807) is 17.7 Å². The van der Waals surface area contributed by atoms with Crippen molar-refractivity contribution < 1.29 is 9.53 Å². The van der Waals surface area contributed by atoms with Crippen molar-refractivity contribution in [3.63, 3.8) is 0 Å². The first-order valence-electron chi connectivity index (χ1n) is 9.88. The fraction of sp³-hybridized carbons (Fsp3) is 0.571. The van der Waals surface area contributed by atoms with Crippen molar-refractivity contribution in [3.05, 3.63) is 40.4 Å². The van der Waals surface area contributed by atoms with E-state index in [0.29, 0.717) is 42.2 Å². The zero-order chi connectivity index (χ0) is 19.2. The number of aromatic nitrogens is 2. The molecule has 0 spiro atoms. The molecular formula is C21H29N3O3. The normalized spacial score (nSPS) is 15.9. The molecule has 0 unspecified atom stereocenters. The van der Waals surface area contributed by atoms with Gasteiger partial charge in [-0.1, -0.05) is 37.8 Å². The molecule has 0 saturated heterocycles. The van der Waals surface area contributed by atoms with Gasteiger partial charge in [-0.25, -0.2) is 4.98 Å². The minimum absolute atomic E-state index is 0.0232. The number of para-hydroxylation sites is 1.